The van der Waals surface area contributed by atoms with Gasteiger partial charge >= 0.3 is 0 Å². The summed E-state index contributed by atoms with van der Waals surface area (Å²) in [6.45, 7) is 0.853. The molecule has 1 fully saturated rings. The summed E-state index contributed by atoms with van der Waals surface area (Å²) in [5, 5.41) is 14.2. The number of hydrogen-bond donors (Lipinski definition) is 2. The van der Waals surface area contributed by atoms with E-state index in [1.165, 1.54) is 11.1 Å². The molecule has 3 nitrogen and oxygen atoms in total. The van der Waals surface area contributed by atoms with Crippen molar-refractivity contribution in [3.8, 4) is 0 Å². The lowest BCUT2D eigenvalue weighted by molar-refractivity contribution is -0.127. The van der Waals surface area contributed by atoms with E-state index in [-0.39, 0.29) is 11.7 Å². The van der Waals surface area contributed by atoms with E-state index in [1.807, 2.05) is 19.2 Å². The van der Waals surface area contributed by atoms with Crippen molar-refractivity contribution < 1.29 is 9.90 Å². The summed E-state index contributed by atoms with van der Waals surface area (Å²) in [7, 11) is 1.94. The number of Topliss-reactive ketones (excluding diaryl/α,β-unsaturated/α-hetero) is 1. The van der Waals surface area contributed by atoms with Gasteiger partial charge in [-0.15, -0.1) is 0 Å². The van der Waals surface area contributed by atoms with E-state index in [0.29, 0.717) is 23.8 Å². The second-order valence-electron chi connectivity index (χ2n) is 7.23. The standard InChI is InChI=1S/C22H26ClNO2/c1-24-14-16-2-6-17(7-3-16)18-8-11-21(25)20(13-18)22(26)12-15-4-9-19(23)10-5-15/h2-7,9-10,18,20-21,24-25H,8,11-14H2,1H3. The summed E-state index contributed by atoms with van der Waals surface area (Å²) in [5.74, 6) is 0.166. The van der Waals surface area contributed by atoms with Gasteiger partial charge in [0.25, 0.3) is 0 Å². The lowest BCUT2D eigenvalue weighted by atomic mass is 9.74. The molecule has 0 aliphatic heterocycles. The van der Waals surface area contributed by atoms with Gasteiger partial charge < -0.3 is 10.4 Å². The minimum absolute atomic E-state index is 0.122. The molecule has 26 heavy (non-hydrogen) atoms. The lowest BCUT2D eigenvalue weighted by Crippen LogP contribution is -2.35. The van der Waals surface area contributed by atoms with E-state index >= 15 is 0 Å². The van der Waals surface area contributed by atoms with Crippen LogP contribution in [0, 0.1) is 5.92 Å². The van der Waals surface area contributed by atoms with Crippen LogP contribution in [0.5, 0.6) is 0 Å². The van der Waals surface area contributed by atoms with Crippen LogP contribution in [-0.4, -0.2) is 24.0 Å². The van der Waals surface area contributed by atoms with E-state index in [2.05, 4.69) is 29.6 Å². The normalized spacial score (nSPS) is 23.0. The quantitative estimate of drug-likeness (QED) is 0.803. The Morgan fingerprint density at radius 3 is 2.38 bits per heavy atom. The summed E-state index contributed by atoms with van der Waals surface area (Å²) in [4.78, 5) is 12.8. The van der Waals surface area contributed by atoms with Crippen LogP contribution in [-0.2, 0) is 17.8 Å². The zero-order valence-corrected chi connectivity index (χ0v) is 15.9. The molecule has 0 amide bonds. The number of carbonyl (C=O) groups is 1. The predicted molar refractivity (Wildman–Crippen MR) is 105 cm³/mol. The first kappa shape index (κ1) is 19.1. The molecule has 4 heteroatoms. The lowest BCUT2D eigenvalue weighted by Gasteiger charge is -2.33. The molecule has 2 aromatic carbocycles. The topological polar surface area (TPSA) is 49.3 Å². The number of rotatable bonds is 6. The number of ketones is 1. The van der Waals surface area contributed by atoms with Gasteiger partial charge in [0.1, 0.15) is 5.78 Å². The van der Waals surface area contributed by atoms with Crippen molar-refractivity contribution in [1.82, 2.24) is 5.32 Å². The van der Waals surface area contributed by atoms with Crippen LogP contribution < -0.4 is 5.32 Å². The third-order valence-electron chi connectivity index (χ3n) is 5.35. The smallest absolute Gasteiger partial charge is 0.142 e. The van der Waals surface area contributed by atoms with Crippen LogP contribution in [0.2, 0.25) is 5.02 Å². The summed E-state index contributed by atoms with van der Waals surface area (Å²) >= 11 is 5.91. The highest BCUT2D eigenvalue weighted by molar-refractivity contribution is 6.30. The van der Waals surface area contributed by atoms with Gasteiger partial charge in [-0.3, -0.25) is 4.79 Å². The second-order valence-corrected chi connectivity index (χ2v) is 7.66. The molecule has 2 N–H and O–H groups in total. The van der Waals surface area contributed by atoms with E-state index < -0.39 is 6.10 Å². The molecule has 3 atom stereocenters. The van der Waals surface area contributed by atoms with Gasteiger partial charge in [-0.1, -0.05) is 48.0 Å². The highest BCUT2D eigenvalue weighted by Gasteiger charge is 2.34. The highest BCUT2D eigenvalue weighted by atomic mass is 35.5. The molecule has 3 unspecified atom stereocenters. The summed E-state index contributed by atoms with van der Waals surface area (Å²) in [6, 6.07) is 16.0. The molecule has 0 radical (unpaired) electrons. The van der Waals surface area contributed by atoms with Crippen LogP contribution in [0.1, 0.15) is 41.9 Å². The van der Waals surface area contributed by atoms with Crippen molar-refractivity contribution in [3.63, 3.8) is 0 Å². The molecule has 3 rings (SSSR count). The molecule has 0 spiro atoms. The first-order chi connectivity index (χ1) is 12.6. The molecule has 0 saturated heterocycles. The molecule has 0 heterocycles. The zero-order valence-electron chi connectivity index (χ0n) is 15.1. The third kappa shape index (κ3) is 4.73. The van der Waals surface area contributed by atoms with Gasteiger partial charge in [-0.05, 0) is 61.1 Å². The monoisotopic (exact) mass is 371 g/mol. The van der Waals surface area contributed by atoms with Crippen molar-refractivity contribution >= 4 is 17.4 Å². The van der Waals surface area contributed by atoms with Gasteiger partial charge in [-0.25, -0.2) is 0 Å². The minimum atomic E-state index is -0.533. The Labute approximate surface area is 160 Å². The van der Waals surface area contributed by atoms with Crippen LogP contribution in [0.3, 0.4) is 0 Å². The molecule has 1 saturated carbocycles. The van der Waals surface area contributed by atoms with Gasteiger partial charge in [0, 0.05) is 23.9 Å². The van der Waals surface area contributed by atoms with Crippen LogP contribution in [0.25, 0.3) is 0 Å². The maximum Gasteiger partial charge on any atom is 0.142 e. The van der Waals surface area contributed by atoms with E-state index in [9.17, 15) is 9.90 Å². The van der Waals surface area contributed by atoms with Gasteiger partial charge in [-0.2, -0.15) is 0 Å². The molecule has 0 aromatic heterocycles. The summed E-state index contributed by atoms with van der Waals surface area (Å²) < 4.78 is 0. The number of benzene rings is 2. The molecule has 138 valence electrons. The molecule has 0 bridgehead atoms. The third-order valence-corrected chi connectivity index (χ3v) is 5.60. The first-order valence-corrected chi connectivity index (χ1v) is 9.63. The minimum Gasteiger partial charge on any atom is -0.392 e. The van der Waals surface area contributed by atoms with Crippen LogP contribution >= 0.6 is 11.6 Å². The Bertz CT molecular complexity index is 727. The molecule has 2 aromatic rings. The van der Waals surface area contributed by atoms with Crippen molar-refractivity contribution in [2.24, 2.45) is 5.92 Å². The number of aliphatic hydroxyl groups excluding tert-OH is 1. The first-order valence-electron chi connectivity index (χ1n) is 9.25. The molecular formula is C22H26ClNO2. The predicted octanol–water partition coefficient (Wildman–Crippen LogP) is 4.12. The Hall–Kier alpha value is -1.68. The zero-order chi connectivity index (χ0) is 18.5. The SMILES string of the molecule is CNCc1ccc(C2CCC(O)C(C(=O)Cc3ccc(Cl)cc3)C2)cc1. The Balaban J connectivity index is 1.67. The molecular weight excluding hydrogens is 346 g/mol. The van der Waals surface area contributed by atoms with Crippen LogP contribution in [0.15, 0.2) is 48.5 Å². The maximum absolute atomic E-state index is 12.8. The van der Waals surface area contributed by atoms with E-state index in [1.54, 1.807) is 12.1 Å². The largest absolute Gasteiger partial charge is 0.392 e. The van der Waals surface area contributed by atoms with Crippen LogP contribution in [0.4, 0.5) is 0 Å². The number of carbonyl (C=O) groups excluding carboxylic acids is 1. The maximum atomic E-state index is 12.8. The Morgan fingerprint density at radius 1 is 1.08 bits per heavy atom. The highest BCUT2D eigenvalue weighted by Crippen LogP contribution is 2.37. The summed E-state index contributed by atoms with van der Waals surface area (Å²) in [6.07, 6.45) is 2.15. The van der Waals surface area contributed by atoms with Gasteiger partial charge in [0.15, 0.2) is 0 Å². The number of aliphatic hydroxyl groups is 1. The Morgan fingerprint density at radius 2 is 1.73 bits per heavy atom. The van der Waals surface area contributed by atoms with E-state index in [4.69, 9.17) is 11.6 Å². The summed E-state index contributed by atoms with van der Waals surface area (Å²) in [5.41, 5.74) is 3.47. The number of halogens is 1. The number of hydrogen-bond acceptors (Lipinski definition) is 3. The fourth-order valence-corrected chi connectivity index (χ4v) is 3.98. The molecule has 1 aliphatic rings. The van der Waals surface area contributed by atoms with E-state index in [0.717, 1.165) is 24.9 Å². The Kier molecular flexibility index (Phi) is 6.47. The van der Waals surface area contributed by atoms with Crippen molar-refractivity contribution in [3.05, 3.63) is 70.2 Å². The fraction of sp³-hybridized carbons (Fsp3) is 0.409. The van der Waals surface area contributed by atoms with Gasteiger partial charge in [0.05, 0.1) is 6.10 Å². The number of nitrogens with one attached hydrogen (secondary N) is 1. The van der Waals surface area contributed by atoms with Gasteiger partial charge in [0.2, 0.25) is 0 Å². The van der Waals surface area contributed by atoms with Crippen molar-refractivity contribution in [2.75, 3.05) is 7.05 Å². The van der Waals surface area contributed by atoms with Crippen molar-refractivity contribution in [1.29, 1.82) is 0 Å². The van der Waals surface area contributed by atoms with Crippen molar-refractivity contribution in [2.45, 2.75) is 44.2 Å². The average Bonchev–Trinajstić information content (AvgIpc) is 2.65. The molecule has 1 aliphatic carbocycles. The average molecular weight is 372 g/mol. The fourth-order valence-electron chi connectivity index (χ4n) is 3.85. The second kappa shape index (κ2) is 8.81.